The molecule has 0 saturated heterocycles. The molecule has 0 radical (unpaired) electrons. The normalized spacial score (nSPS) is 11.1. The highest BCUT2D eigenvalue weighted by Crippen LogP contribution is 2.30. The van der Waals surface area contributed by atoms with Crippen molar-refractivity contribution in [3.63, 3.8) is 0 Å². The second kappa shape index (κ2) is 11.3. The molecule has 0 bridgehead atoms. The summed E-state index contributed by atoms with van der Waals surface area (Å²) in [6.45, 7) is 0.407. The Balaban J connectivity index is 1.31. The number of methoxy groups -OCH3 is 1. The number of hydrogen-bond acceptors (Lipinski definition) is 7. The number of para-hydroxylation sites is 1. The van der Waals surface area contributed by atoms with E-state index in [1.807, 2.05) is 66.7 Å². The van der Waals surface area contributed by atoms with Crippen LogP contribution in [0.4, 0.5) is 0 Å². The van der Waals surface area contributed by atoms with Gasteiger partial charge in [0.2, 0.25) is 0 Å². The maximum Gasteiger partial charge on any atom is 0.250 e. The Kier molecular flexibility index (Phi) is 7.98. The molecular formula is C24H20BrN3O3S2. The highest BCUT2D eigenvalue weighted by molar-refractivity contribution is 9.10. The van der Waals surface area contributed by atoms with E-state index in [-0.39, 0.29) is 11.7 Å². The molecule has 0 atom stereocenters. The van der Waals surface area contributed by atoms with Crippen molar-refractivity contribution < 1.29 is 14.3 Å². The van der Waals surface area contributed by atoms with Gasteiger partial charge in [-0.25, -0.2) is 10.4 Å². The predicted octanol–water partition coefficient (Wildman–Crippen LogP) is 5.89. The van der Waals surface area contributed by atoms with Gasteiger partial charge in [0.1, 0.15) is 6.61 Å². The van der Waals surface area contributed by atoms with Crippen LogP contribution in [-0.2, 0) is 11.4 Å². The zero-order chi connectivity index (χ0) is 23.0. The molecule has 1 heterocycles. The summed E-state index contributed by atoms with van der Waals surface area (Å²) in [6, 6.07) is 21.3. The number of halogens is 1. The lowest BCUT2D eigenvalue weighted by atomic mass is 10.2. The number of rotatable bonds is 9. The van der Waals surface area contributed by atoms with Crippen LogP contribution in [-0.4, -0.2) is 30.0 Å². The van der Waals surface area contributed by atoms with Gasteiger partial charge >= 0.3 is 0 Å². The minimum absolute atomic E-state index is 0.198. The zero-order valence-corrected chi connectivity index (χ0v) is 20.9. The van der Waals surface area contributed by atoms with Crippen LogP contribution >= 0.6 is 39.0 Å². The van der Waals surface area contributed by atoms with E-state index in [2.05, 4.69) is 31.4 Å². The molecule has 0 aliphatic rings. The van der Waals surface area contributed by atoms with E-state index in [4.69, 9.17) is 9.47 Å². The highest BCUT2D eigenvalue weighted by atomic mass is 79.9. The first kappa shape index (κ1) is 23.3. The van der Waals surface area contributed by atoms with Gasteiger partial charge in [-0.05, 0) is 53.6 Å². The molecule has 1 N–H and O–H groups in total. The number of fused-ring (bicyclic) bond motifs is 1. The number of nitrogens with zero attached hydrogens (tertiary/aromatic N) is 2. The summed E-state index contributed by atoms with van der Waals surface area (Å²) in [7, 11) is 1.60. The number of nitrogens with one attached hydrogen (secondary N) is 1. The topological polar surface area (TPSA) is 72.8 Å². The SMILES string of the molecule is COc1ccc(/C=N\NC(=O)CSc2nc3ccccc3s2)cc1OCc1ccc(Br)cc1. The molecule has 3 aromatic carbocycles. The molecule has 0 aliphatic carbocycles. The largest absolute Gasteiger partial charge is 0.493 e. The highest BCUT2D eigenvalue weighted by Gasteiger charge is 2.08. The second-order valence-corrected chi connectivity index (χ2v) is 10.0. The molecule has 4 aromatic rings. The monoisotopic (exact) mass is 541 g/mol. The fraction of sp³-hybridized carbons (Fsp3) is 0.125. The van der Waals surface area contributed by atoms with E-state index in [1.54, 1.807) is 24.7 Å². The lowest BCUT2D eigenvalue weighted by Crippen LogP contribution is -2.19. The van der Waals surface area contributed by atoms with Crippen LogP contribution in [0.3, 0.4) is 0 Å². The van der Waals surface area contributed by atoms with Crippen LogP contribution in [0.2, 0.25) is 0 Å². The van der Waals surface area contributed by atoms with E-state index >= 15 is 0 Å². The van der Waals surface area contributed by atoms with Gasteiger partial charge in [0.25, 0.3) is 5.91 Å². The molecule has 1 aromatic heterocycles. The van der Waals surface area contributed by atoms with Crippen LogP contribution < -0.4 is 14.9 Å². The van der Waals surface area contributed by atoms with E-state index in [9.17, 15) is 4.79 Å². The van der Waals surface area contributed by atoms with Crippen molar-refractivity contribution in [3.8, 4) is 11.5 Å². The minimum Gasteiger partial charge on any atom is -0.493 e. The lowest BCUT2D eigenvalue weighted by Gasteiger charge is -2.11. The predicted molar refractivity (Wildman–Crippen MR) is 138 cm³/mol. The van der Waals surface area contributed by atoms with Gasteiger partial charge in [-0.15, -0.1) is 11.3 Å². The van der Waals surface area contributed by atoms with Crippen molar-refractivity contribution in [1.82, 2.24) is 10.4 Å². The maximum atomic E-state index is 12.2. The maximum absolute atomic E-state index is 12.2. The summed E-state index contributed by atoms with van der Waals surface area (Å²) in [5.74, 6) is 1.26. The molecule has 4 rings (SSSR count). The molecule has 1 amide bonds. The van der Waals surface area contributed by atoms with E-state index < -0.39 is 0 Å². The number of hydrazone groups is 1. The third-order valence-electron chi connectivity index (χ3n) is 4.50. The van der Waals surface area contributed by atoms with E-state index in [0.29, 0.717) is 18.1 Å². The van der Waals surface area contributed by atoms with Crippen LogP contribution in [0.5, 0.6) is 11.5 Å². The third-order valence-corrected chi connectivity index (χ3v) is 7.21. The number of aromatic nitrogens is 1. The number of hydrogen-bond donors (Lipinski definition) is 1. The standard InChI is InChI=1S/C24H20BrN3O3S2/c1-30-20-11-8-17(12-21(20)31-14-16-6-9-18(25)10-7-16)13-26-28-23(29)15-32-24-27-19-4-2-3-5-22(19)33-24/h2-13H,14-15H2,1H3,(H,28,29)/b26-13-. The summed E-state index contributed by atoms with van der Waals surface area (Å²) in [5, 5.41) is 4.06. The van der Waals surface area contributed by atoms with E-state index in [0.717, 1.165) is 30.2 Å². The third kappa shape index (κ3) is 6.56. The smallest absolute Gasteiger partial charge is 0.250 e. The Morgan fingerprint density at radius 1 is 1.15 bits per heavy atom. The quantitative estimate of drug-likeness (QED) is 0.162. The van der Waals surface area contributed by atoms with E-state index in [1.165, 1.54) is 11.8 Å². The summed E-state index contributed by atoms with van der Waals surface area (Å²) in [6.07, 6.45) is 1.58. The Morgan fingerprint density at radius 2 is 1.97 bits per heavy atom. The van der Waals surface area contributed by atoms with Gasteiger partial charge in [0, 0.05) is 4.47 Å². The van der Waals surface area contributed by atoms with Crippen molar-refractivity contribution in [3.05, 3.63) is 82.3 Å². The molecule has 33 heavy (non-hydrogen) atoms. The molecule has 0 fully saturated rings. The molecular weight excluding hydrogens is 522 g/mol. The number of ether oxygens (including phenoxy) is 2. The van der Waals surface area contributed by atoms with Gasteiger partial charge in [-0.3, -0.25) is 4.79 Å². The molecule has 0 aliphatic heterocycles. The van der Waals surface area contributed by atoms with Crippen molar-refractivity contribution in [1.29, 1.82) is 0 Å². The zero-order valence-electron chi connectivity index (χ0n) is 17.7. The molecule has 0 spiro atoms. The number of amides is 1. The molecule has 6 nitrogen and oxygen atoms in total. The lowest BCUT2D eigenvalue weighted by molar-refractivity contribution is -0.118. The number of thioether (sulfide) groups is 1. The molecule has 0 unspecified atom stereocenters. The van der Waals surface area contributed by atoms with Crippen LogP contribution in [0, 0.1) is 0 Å². The van der Waals surface area contributed by atoms with Gasteiger partial charge in [0.15, 0.2) is 15.8 Å². The van der Waals surface area contributed by atoms with Crippen LogP contribution in [0.25, 0.3) is 10.2 Å². The van der Waals surface area contributed by atoms with Crippen molar-refractivity contribution in [2.75, 3.05) is 12.9 Å². The minimum atomic E-state index is -0.198. The fourth-order valence-electron chi connectivity index (χ4n) is 2.88. The number of carbonyl (C=O) groups excluding carboxylic acids is 1. The Hall–Kier alpha value is -2.88. The number of thiazole rings is 1. The average molecular weight is 542 g/mol. The van der Waals surface area contributed by atoms with Crippen molar-refractivity contribution >= 4 is 61.4 Å². The van der Waals surface area contributed by atoms with Crippen molar-refractivity contribution in [2.45, 2.75) is 10.9 Å². The van der Waals surface area contributed by atoms with Gasteiger partial charge in [-0.2, -0.15) is 5.10 Å². The van der Waals surface area contributed by atoms with Gasteiger partial charge < -0.3 is 9.47 Å². The summed E-state index contributed by atoms with van der Waals surface area (Å²) in [5.41, 5.74) is 5.32. The summed E-state index contributed by atoms with van der Waals surface area (Å²) < 4.78 is 14.3. The Morgan fingerprint density at radius 3 is 2.76 bits per heavy atom. The first-order valence-electron chi connectivity index (χ1n) is 9.96. The molecule has 168 valence electrons. The summed E-state index contributed by atoms with van der Waals surface area (Å²) in [4.78, 5) is 16.7. The molecule has 0 saturated carbocycles. The first-order chi connectivity index (χ1) is 16.1. The number of benzene rings is 3. The first-order valence-corrected chi connectivity index (χ1v) is 12.6. The van der Waals surface area contributed by atoms with Gasteiger partial charge in [0.05, 0.1) is 29.3 Å². The second-order valence-electron chi connectivity index (χ2n) is 6.85. The summed E-state index contributed by atoms with van der Waals surface area (Å²) >= 11 is 6.40. The fourth-order valence-corrected chi connectivity index (χ4v) is 5.00. The van der Waals surface area contributed by atoms with Crippen LogP contribution in [0.15, 0.2) is 80.6 Å². The van der Waals surface area contributed by atoms with Gasteiger partial charge in [-0.1, -0.05) is 52.0 Å². The Labute approximate surface area is 208 Å². The Bertz CT molecular complexity index is 1240. The van der Waals surface area contributed by atoms with Crippen LogP contribution in [0.1, 0.15) is 11.1 Å². The van der Waals surface area contributed by atoms with Crippen molar-refractivity contribution in [2.24, 2.45) is 5.10 Å². The molecule has 9 heteroatoms. The average Bonchev–Trinajstić information content (AvgIpc) is 3.26. The number of carbonyl (C=O) groups is 1.